The molecule has 3 nitrogen and oxygen atoms in total. The Balaban J connectivity index is 1.93. The third kappa shape index (κ3) is 3.06. The fourth-order valence-corrected chi connectivity index (χ4v) is 2.52. The first-order valence-corrected chi connectivity index (χ1v) is 6.32. The van der Waals surface area contributed by atoms with Crippen LogP contribution in [0.4, 0.5) is 9.18 Å². The van der Waals surface area contributed by atoms with Gasteiger partial charge in [-0.15, -0.1) is 0 Å². The zero-order valence-electron chi connectivity index (χ0n) is 9.19. The second-order valence-corrected chi connectivity index (χ2v) is 4.89. The minimum absolute atomic E-state index is 0.0428. The highest BCUT2D eigenvalue weighted by molar-refractivity contribution is 8.13. The Bertz CT molecular complexity index is 450. The molecule has 0 bridgehead atoms. The summed E-state index contributed by atoms with van der Waals surface area (Å²) in [5.41, 5.74) is 0.386. The Kier molecular flexibility index (Phi) is 3.78. The number of benzene rings is 1. The molecule has 0 spiro atoms. The number of amides is 1. The van der Waals surface area contributed by atoms with Gasteiger partial charge >= 0.3 is 0 Å². The summed E-state index contributed by atoms with van der Waals surface area (Å²) in [5.74, 6) is 0.222. The van der Waals surface area contributed by atoms with Gasteiger partial charge in [0.15, 0.2) is 5.78 Å². The fraction of sp³-hybridized carbons (Fsp3) is 0.333. The van der Waals surface area contributed by atoms with Crippen LogP contribution in [-0.4, -0.2) is 34.8 Å². The number of halogens is 1. The minimum atomic E-state index is -0.372. The maximum absolute atomic E-state index is 13.3. The molecular weight excluding hydrogens is 241 g/mol. The maximum atomic E-state index is 13.3. The van der Waals surface area contributed by atoms with Gasteiger partial charge in [0.05, 0.1) is 6.54 Å². The summed E-state index contributed by atoms with van der Waals surface area (Å²) in [7, 11) is 0. The van der Waals surface area contributed by atoms with Gasteiger partial charge in [-0.3, -0.25) is 9.59 Å². The fourth-order valence-electron chi connectivity index (χ4n) is 1.69. The third-order valence-corrected chi connectivity index (χ3v) is 3.45. The van der Waals surface area contributed by atoms with E-state index < -0.39 is 0 Å². The average Bonchev–Trinajstić information content (AvgIpc) is 2.68. The molecule has 0 radical (unpaired) electrons. The molecule has 5 heteroatoms. The summed E-state index contributed by atoms with van der Waals surface area (Å²) in [6.07, 6.45) is 0.0428. The molecule has 1 heterocycles. The van der Waals surface area contributed by atoms with Gasteiger partial charge in [-0.2, -0.15) is 0 Å². The van der Waals surface area contributed by atoms with Crippen molar-refractivity contribution in [3.05, 3.63) is 35.6 Å². The first kappa shape index (κ1) is 12.1. The van der Waals surface area contributed by atoms with E-state index in [4.69, 9.17) is 0 Å². The Morgan fingerprint density at radius 1 is 1.41 bits per heavy atom. The molecular formula is C12H12FNO2S. The SMILES string of the molecule is O=C(Cc1ccccc1F)CN1CCSC1=O. The number of carbonyl (C=O) groups is 2. The molecule has 90 valence electrons. The van der Waals surface area contributed by atoms with Gasteiger partial charge in [-0.25, -0.2) is 4.39 Å². The van der Waals surface area contributed by atoms with Gasteiger partial charge in [-0.1, -0.05) is 30.0 Å². The monoisotopic (exact) mass is 253 g/mol. The standard InChI is InChI=1S/C12H12FNO2S/c13-11-4-2-1-3-9(11)7-10(15)8-14-5-6-17-12(14)16/h1-4H,5-8H2. The van der Waals surface area contributed by atoms with E-state index in [9.17, 15) is 14.0 Å². The van der Waals surface area contributed by atoms with Crippen molar-refractivity contribution >= 4 is 22.8 Å². The van der Waals surface area contributed by atoms with E-state index in [1.807, 2.05) is 0 Å². The summed E-state index contributed by atoms with van der Waals surface area (Å²) >= 11 is 1.22. The van der Waals surface area contributed by atoms with Gasteiger partial charge in [0, 0.05) is 18.7 Å². The predicted octanol–water partition coefficient (Wildman–Crippen LogP) is 2.11. The van der Waals surface area contributed by atoms with Crippen molar-refractivity contribution < 1.29 is 14.0 Å². The lowest BCUT2D eigenvalue weighted by Crippen LogP contribution is -2.30. The highest BCUT2D eigenvalue weighted by Gasteiger charge is 2.23. The van der Waals surface area contributed by atoms with Crippen molar-refractivity contribution in [1.29, 1.82) is 0 Å². The topological polar surface area (TPSA) is 37.4 Å². The number of carbonyl (C=O) groups excluding carboxylic acids is 2. The van der Waals surface area contributed by atoms with Crippen LogP contribution in [0.2, 0.25) is 0 Å². The van der Waals surface area contributed by atoms with E-state index in [2.05, 4.69) is 0 Å². The predicted molar refractivity (Wildman–Crippen MR) is 64.5 cm³/mol. The molecule has 0 N–H and O–H groups in total. The molecule has 1 saturated heterocycles. The molecule has 1 aliphatic rings. The third-order valence-electron chi connectivity index (χ3n) is 2.56. The van der Waals surface area contributed by atoms with E-state index >= 15 is 0 Å². The number of nitrogens with zero attached hydrogens (tertiary/aromatic N) is 1. The number of Topliss-reactive ketones (excluding diaryl/α,β-unsaturated/α-hetero) is 1. The first-order valence-electron chi connectivity index (χ1n) is 5.33. The molecule has 1 aromatic carbocycles. The van der Waals surface area contributed by atoms with Crippen LogP contribution in [0.25, 0.3) is 0 Å². The summed E-state index contributed by atoms with van der Waals surface area (Å²) in [6, 6.07) is 6.21. The molecule has 1 aromatic rings. The quantitative estimate of drug-likeness (QED) is 0.824. The van der Waals surface area contributed by atoms with E-state index in [1.165, 1.54) is 22.7 Å². The molecule has 1 amide bonds. The molecule has 17 heavy (non-hydrogen) atoms. The van der Waals surface area contributed by atoms with E-state index in [0.29, 0.717) is 12.1 Å². The van der Waals surface area contributed by atoms with Crippen molar-refractivity contribution in [3.63, 3.8) is 0 Å². The zero-order chi connectivity index (χ0) is 12.3. The molecule has 1 aliphatic heterocycles. The normalized spacial score (nSPS) is 15.4. The van der Waals surface area contributed by atoms with Crippen molar-refractivity contribution in [1.82, 2.24) is 4.90 Å². The highest BCUT2D eigenvalue weighted by Crippen LogP contribution is 2.17. The maximum Gasteiger partial charge on any atom is 0.282 e. The molecule has 2 rings (SSSR count). The Labute approximate surface area is 103 Å². The minimum Gasteiger partial charge on any atom is -0.325 e. The number of hydrogen-bond donors (Lipinski definition) is 0. The number of rotatable bonds is 4. The van der Waals surface area contributed by atoms with Crippen LogP contribution in [0, 0.1) is 5.82 Å². The second-order valence-electron chi connectivity index (χ2n) is 3.84. The van der Waals surface area contributed by atoms with Gasteiger partial charge in [0.2, 0.25) is 0 Å². The number of thioether (sulfide) groups is 1. The van der Waals surface area contributed by atoms with Crippen LogP contribution in [0.15, 0.2) is 24.3 Å². The first-order chi connectivity index (χ1) is 8.16. The lowest BCUT2D eigenvalue weighted by atomic mass is 10.1. The second kappa shape index (κ2) is 5.31. The van der Waals surface area contributed by atoms with Crippen LogP contribution in [0.1, 0.15) is 5.56 Å². The van der Waals surface area contributed by atoms with Gasteiger partial charge in [0.25, 0.3) is 5.24 Å². The largest absolute Gasteiger partial charge is 0.325 e. The average molecular weight is 253 g/mol. The molecule has 0 aromatic heterocycles. The van der Waals surface area contributed by atoms with Crippen molar-refractivity contribution in [2.75, 3.05) is 18.8 Å². The zero-order valence-corrected chi connectivity index (χ0v) is 10.0. The van der Waals surface area contributed by atoms with Crippen LogP contribution in [0.5, 0.6) is 0 Å². The molecule has 1 fully saturated rings. The molecule has 0 aliphatic carbocycles. The van der Waals surface area contributed by atoms with Crippen LogP contribution in [-0.2, 0) is 11.2 Å². The molecule has 0 unspecified atom stereocenters. The molecule has 0 atom stereocenters. The van der Waals surface area contributed by atoms with Crippen LogP contribution >= 0.6 is 11.8 Å². The number of ketones is 1. The van der Waals surface area contributed by atoms with Gasteiger partial charge < -0.3 is 4.90 Å². The van der Waals surface area contributed by atoms with Crippen molar-refractivity contribution in [2.24, 2.45) is 0 Å². The Morgan fingerprint density at radius 3 is 2.82 bits per heavy atom. The lowest BCUT2D eigenvalue weighted by molar-refractivity contribution is -0.118. The van der Waals surface area contributed by atoms with Gasteiger partial charge in [0.1, 0.15) is 5.82 Å². The summed E-state index contributed by atoms with van der Waals surface area (Å²) in [4.78, 5) is 24.5. The Morgan fingerprint density at radius 2 is 2.18 bits per heavy atom. The molecule has 0 saturated carbocycles. The van der Waals surface area contributed by atoms with Crippen LogP contribution < -0.4 is 0 Å². The van der Waals surface area contributed by atoms with Crippen molar-refractivity contribution in [2.45, 2.75) is 6.42 Å². The lowest BCUT2D eigenvalue weighted by Gasteiger charge is -2.13. The van der Waals surface area contributed by atoms with Crippen LogP contribution in [0.3, 0.4) is 0 Å². The number of hydrogen-bond acceptors (Lipinski definition) is 3. The Hall–Kier alpha value is -1.36. The summed E-state index contributed by atoms with van der Waals surface area (Å²) in [6.45, 7) is 0.687. The summed E-state index contributed by atoms with van der Waals surface area (Å²) < 4.78 is 13.3. The van der Waals surface area contributed by atoms with Gasteiger partial charge in [-0.05, 0) is 11.6 Å². The summed E-state index contributed by atoms with van der Waals surface area (Å²) in [5, 5.41) is -0.0631. The van der Waals surface area contributed by atoms with Crippen molar-refractivity contribution in [3.8, 4) is 0 Å². The smallest absolute Gasteiger partial charge is 0.282 e. The van der Waals surface area contributed by atoms with E-state index in [1.54, 1.807) is 18.2 Å². The highest BCUT2D eigenvalue weighted by atomic mass is 32.2. The van der Waals surface area contributed by atoms with E-state index in [0.717, 1.165) is 5.75 Å². The van der Waals surface area contributed by atoms with E-state index in [-0.39, 0.29) is 29.8 Å².